The molecule has 0 aromatic carbocycles. The number of hydrogen-bond acceptors (Lipinski definition) is 3. The van der Waals surface area contributed by atoms with E-state index in [9.17, 15) is 5.26 Å². The Hall–Kier alpha value is -1.40. The smallest absolute Gasteiger partial charge is 0.0672 e. The summed E-state index contributed by atoms with van der Waals surface area (Å²) in [4.78, 5) is 7.08. The van der Waals surface area contributed by atoms with Crippen LogP contribution in [0.2, 0.25) is 0 Å². The highest BCUT2D eigenvalue weighted by Crippen LogP contribution is 2.34. The summed E-state index contributed by atoms with van der Waals surface area (Å²) in [5.74, 6) is 0.955. The third-order valence-corrected chi connectivity index (χ3v) is 4.85. The second-order valence-corrected chi connectivity index (χ2v) is 6.22. The van der Waals surface area contributed by atoms with Crippen LogP contribution in [0.1, 0.15) is 50.9 Å². The molecule has 114 valence electrons. The van der Waals surface area contributed by atoms with Crippen LogP contribution in [0.15, 0.2) is 18.2 Å². The minimum absolute atomic E-state index is 0.178. The maximum absolute atomic E-state index is 9.48. The highest BCUT2D eigenvalue weighted by molar-refractivity contribution is 5.10. The quantitative estimate of drug-likeness (QED) is 0.823. The van der Waals surface area contributed by atoms with Crippen molar-refractivity contribution in [3.63, 3.8) is 0 Å². The topological polar surface area (TPSA) is 39.9 Å². The van der Waals surface area contributed by atoms with E-state index in [4.69, 9.17) is 0 Å². The van der Waals surface area contributed by atoms with E-state index in [1.165, 1.54) is 12.8 Å². The van der Waals surface area contributed by atoms with Crippen LogP contribution in [-0.2, 0) is 6.54 Å². The van der Waals surface area contributed by atoms with Crippen molar-refractivity contribution in [2.45, 2.75) is 59.0 Å². The Balaban J connectivity index is 2.12. The molecule has 0 bridgehead atoms. The van der Waals surface area contributed by atoms with E-state index in [0.29, 0.717) is 6.04 Å². The van der Waals surface area contributed by atoms with E-state index in [-0.39, 0.29) is 5.92 Å². The first-order valence-electron chi connectivity index (χ1n) is 8.24. The monoisotopic (exact) mass is 285 g/mol. The van der Waals surface area contributed by atoms with Gasteiger partial charge in [-0.05, 0) is 50.8 Å². The Bertz CT molecular complexity index is 491. The molecule has 0 spiro atoms. The number of aromatic nitrogens is 1. The Morgan fingerprint density at radius 3 is 2.76 bits per heavy atom. The normalized spacial score (nSPS) is 25.8. The van der Waals surface area contributed by atoms with Crippen LogP contribution in [-0.4, -0.2) is 22.5 Å². The molecular formula is C18H27N3. The van der Waals surface area contributed by atoms with Gasteiger partial charge in [0.1, 0.15) is 0 Å². The summed E-state index contributed by atoms with van der Waals surface area (Å²) in [6.45, 7) is 8.34. The van der Waals surface area contributed by atoms with Gasteiger partial charge in [-0.3, -0.25) is 9.88 Å². The third kappa shape index (κ3) is 4.04. The lowest BCUT2D eigenvalue weighted by molar-refractivity contribution is 0.0968. The second kappa shape index (κ2) is 7.56. The van der Waals surface area contributed by atoms with Gasteiger partial charge in [0.25, 0.3) is 0 Å². The van der Waals surface area contributed by atoms with Gasteiger partial charge in [-0.15, -0.1) is 0 Å². The predicted molar refractivity (Wildman–Crippen MR) is 85.6 cm³/mol. The molecular weight excluding hydrogens is 258 g/mol. The SMILES string of the molecule is CCC1CCC(C#N)C(N(CC)Cc2cccc(C)n2)C1. The van der Waals surface area contributed by atoms with E-state index in [2.05, 4.69) is 41.9 Å². The molecule has 1 heterocycles. The number of pyridine rings is 1. The summed E-state index contributed by atoms with van der Waals surface area (Å²) in [5.41, 5.74) is 2.18. The Kier molecular flexibility index (Phi) is 5.76. The van der Waals surface area contributed by atoms with E-state index < -0.39 is 0 Å². The molecule has 0 amide bonds. The van der Waals surface area contributed by atoms with Crippen molar-refractivity contribution < 1.29 is 0 Å². The first kappa shape index (κ1) is 16.0. The standard InChI is InChI=1S/C18H27N3/c1-4-15-9-10-16(12-19)18(11-15)21(5-2)13-17-8-6-7-14(3)20-17/h6-8,15-16,18H,4-5,9-11,13H2,1-3H3. The minimum atomic E-state index is 0.178. The molecule has 0 saturated heterocycles. The van der Waals surface area contributed by atoms with Crippen molar-refractivity contribution in [1.82, 2.24) is 9.88 Å². The van der Waals surface area contributed by atoms with Gasteiger partial charge < -0.3 is 0 Å². The van der Waals surface area contributed by atoms with Crippen molar-refractivity contribution in [1.29, 1.82) is 5.26 Å². The molecule has 3 atom stereocenters. The highest BCUT2D eigenvalue weighted by Gasteiger charge is 2.33. The van der Waals surface area contributed by atoms with E-state index in [0.717, 1.165) is 43.2 Å². The van der Waals surface area contributed by atoms with Gasteiger partial charge in [0, 0.05) is 18.3 Å². The molecule has 3 heteroatoms. The first-order chi connectivity index (χ1) is 10.2. The van der Waals surface area contributed by atoms with Crippen molar-refractivity contribution in [3.8, 4) is 6.07 Å². The molecule has 0 aliphatic heterocycles. The van der Waals surface area contributed by atoms with E-state index >= 15 is 0 Å². The average molecular weight is 285 g/mol. The largest absolute Gasteiger partial charge is 0.294 e. The number of aryl methyl sites for hydroxylation is 1. The summed E-state index contributed by atoms with van der Waals surface area (Å²) in [6.07, 6.45) is 4.66. The maximum atomic E-state index is 9.48. The van der Waals surface area contributed by atoms with Crippen LogP contribution in [0, 0.1) is 30.1 Å². The van der Waals surface area contributed by atoms with Gasteiger partial charge in [0.2, 0.25) is 0 Å². The van der Waals surface area contributed by atoms with Gasteiger partial charge in [-0.2, -0.15) is 5.26 Å². The molecule has 21 heavy (non-hydrogen) atoms. The molecule has 2 rings (SSSR count). The molecule has 1 aliphatic rings. The molecule has 1 aromatic heterocycles. The highest BCUT2D eigenvalue weighted by atomic mass is 15.2. The lowest BCUT2D eigenvalue weighted by Crippen LogP contribution is -2.43. The molecule has 0 radical (unpaired) electrons. The number of hydrogen-bond donors (Lipinski definition) is 0. The summed E-state index contributed by atoms with van der Waals surface area (Å²) in [6, 6.07) is 9.14. The van der Waals surface area contributed by atoms with Crippen molar-refractivity contribution in [2.75, 3.05) is 6.54 Å². The third-order valence-electron chi connectivity index (χ3n) is 4.85. The summed E-state index contributed by atoms with van der Waals surface area (Å²) >= 11 is 0. The minimum Gasteiger partial charge on any atom is -0.294 e. The van der Waals surface area contributed by atoms with Crippen LogP contribution in [0.5, 0.6) is 0 Å². The van der Waals surface area contributed by atoms with Crippen LogP contribution in [0.25, 0.3) is 0 Å². The average Bonchev–Trinajstić information content (AvgIpc) is 2.52. The molecule has 1 saturated carbocycles. The summed E-state index contributed by atoms with van der Waals surface area (Å²) < 4.78 is 0. The Labute approximate surface area is 129 Å². The van der Waals surface area contributed by atoms with Gasteiger partial charge in [0.05, 0.1) is 17.7 Å². The summed E-state index contributed by atoms with van der Waals surface area (Å²) in [5, 5.41) is 9.48. The van der Waals surface area contributed by atoms with Gasteiger partial charge in [0.15, 0.2) is 0 Å². The number of rotatable bonds is 5. The molecule has 1 fully saturated rings. The van der Waals surface area contributed by atoms with Crippen LogP contribution < -0.4 is 0 Å². The molecule has 0 N–H and O–H groups in total. The van der Waals surface area contributed by atoms with Gasteiger partial charge in [-0.25, -0.2) is 0 Å². The van der Waals surface area contributed by atoms with E-state index in [1.807, 2.05) is 13.0 Å². The van der Waals surface area contributed by atoms with Gasteiger partial charge in [-0.1, -0.05) is 26.3 Å². The molecule has 1 aliphatic carbocycles. The number of nitriles is 1. The fourth-order valence-corrected chi connectivity index (χ4v) is 3.52. The fourth-order valence-electron chi connectivity index (χ4n) is 3.52. The first-order valence-corrected chi connectivity index (χ1v) is 8.24. The van der Waals surface area contributed by atoms with Crippen molar-refractivity contribution in [3.05, 3.63) is 29.6 Å². The zero-order valence-electron chi connectivity index (χ0n) is 13.5. The Morgan fingerprint density at radius 1 is 1.33 bits per heavy atom. The van der Waals surface area contributed by atoms with Crippen molar-refractivity contribution >= 4 is 0 Å². The number of nitrogens with zero attached hydrogens (tertiary/aromatic N) is 3. The molecule has 1 aromatic rings. The van der Waals surface area contributed by atoms with Crippen LogP contribution in [0.3, 0.4) is 0 Å². The lowest BCUT2D eigenvalue weighted by atomic mass is 9.77. The van der Waals surface area contributed by atoms with Crippen molar-refractivity contribution in [2.24, 2.45) is 11.8 Å². The van der Waals surface area contributed by atoms with Crippen LogP contribution in [0.4, 0.5) is 0 Å². The predicted octanol–water partition coefficient (Wildman–Crippen LogP) is 3.93. The molecule has 3 unspecified atom stereocenters. The zero-order chi connectivity index (χ0) is 15.2. The zero-order valence-corrected chi connectivity index (χ0v) is 13.5. The molecule has 3 nitrogen and oxygen atoms in total. The summed E-state index contributed by atoms with van der Waals surface area (Å²) in [7, 11) is 0. The lowest BCUT2D eigenvalue weighted by Gasteiger charge is -2.39. The maximum Gasteiger partial charge on any atom is 0.0672 e. The van der Waals surface area contributed by atoms with Crippen LogP contribution >= 0.6 is 0 Å². The second-order valence-electron chi connectivity index (χ2n) is 6.22. The van der Waals surface area contributed by atoms with E-state index in [1.54, 1.807) is 0 Å². The van der Waals surface area contributed by atoms with Gasteiger partial charge >= 0.3 is 0 Å². The fraction of sp³-hybridized carbons (Fsp3) is 0.667. The Morgan fingerprint density at radius 2 is 2.14 bits per heavy atom.